The summed E-state index contributed by atoms with van der Waals surface area (Å²) in [4.78, 5) is 0. The van der Waals surface area contributed by atoms with Crippen LogP contribution in [0.5, 0.6) is 0 Å². The van der Waals surface area contributed by atoms with Crippen molar-refractivity contribution in [2.45, 2.75) is 58.4 Å². The third-order valence-corrected chi connectivity index (χ3v) is 6.45. The molecule has 4 heteroatoms. The predicted molar refractivity (Wildman–Crippen MR) is 80.0 cm³/mol. The summed E-state index contributed by atoms with van der Waals surface area (Å²) in [7, 11) is -2.72. The fourth-order valence-electron chi connectivity index (χ4n) is 3.72. The maximum absolute atomic E-state index is 11.4. The van der Waals surface area contributed by atoms with Gasteiger partial charge in [0.1, 0.15) is 0 Å². The molecule has 1 aliphatic carbocycles. The topological polar surface area (TPSA) is 46.2 Å². The Morgan fingerprint density at radius 1 is 1.16 bits per heavy atom. The second kappa shape index (κ2) is 6.57. The predicted octanol–water partition coefficient (Wildman–Crippen LogP) is 2.62. The van der Waals surface area contributed by atoms with Crippen LogP contribution < -0.4 is 5.32 Å². The largest absolute Gasteiger partial charge is 0.314 e. The zero-order valence-corrected chi connectivity index (χ0v) is 13.2. The van der Waals surface area contributed by atoms with Gasteiger partial charge in [-0.25, -0.2) is 8.42 Å². The van der Waals surface area contributed by atoms with Gasteiger partial charge in [-0.1, -0.05) is 26.7 Å². The van der Waals surface area contributed by atoms with E-state index < -0.39 is 9.84 Å². The van der Waals surface area contributed by atoms with Crippen LogP contribution in [0.1, 0.15) is 52.4 Å². The molecule has 0 aromatic carbocycles. The van der Waals surface area contributed by atoms with Crippen molar-refractivity contribution in [3.8, 4) is 0 Å². The van der Waals surface area contributed by atoms with E-state index in [1.54, 1.807) is 0 Å². The standard InChI is InChI=1S/C15H29NO2S/c1-12(2)8-13-4-3-5-15(9-13)16-10-14-6-7-19(17,18)11-14/h12-16H,3-11H2,1-2H3. The summed E-state index contributed by atoms with van der Waals surface area (Å²) in [5.74, 6) is 2.83. The molecule has 112 valence electrons. The van der Waals surface area contributed by atoms with Gasteiger partial charge in [0.15, 0.2) is 9.84 Å². The molecule has 0 radical (unpaired) electrons. The molecule has 0 aromatic rings. The SMILES string of the molecule is CC(C)CC1CCCC(NCC2CCS(=O)(=O)C2)C1. The van der Waals surface area contributed by atoms with Crippen LogP contribution in [0.25, 0.3) is 0 Å². The van der Waals surface area contributed by atoms with Gasteiger partial charge in [0.2, 0.25) is 0 Å². The van der Waals surface area contributed by atoms with E-state index in [0.29, 0.717) is 23.5 Å². The Bertz CT molecular complexity index is 378. The van der Waals surface area contributed by atoms with Crippen molar-refractivity contribution < 1.29 is 8.42 Å². The molecule has 1 saturated heterocycles. The van der Waals surface area contributed by atoms with Crippen molar-refractivity contribution in [3.05, 3.63) is 0 Å². The molecule has 19 heavy (non-hydrogen) atoms. The van der Waals surface area contributed by atoms with E-state index in [1.165, 1.54) is 32.1 Å². The molecule has 0 bridgehead atoms. The molecular formula is C15H29NO2S. The summed E-state index contributed by atoms with van der Waals surface area (Å²) in [6, 6.07) is 0.626. The quantitative estimate of drug-likeness (QED) is 0.845. The summed E-state index contributed by atoms with van der Waals surface area (Å²) < 4.78 is 22.9. The van der Waals surface area contributed by atoms with Crippen LogP contribution in [0.4, 0.5) is 0 Å². The molecule has 0 spiro atoms. The summed E-state index contributed by atoms with van der Waals surface area (Å²) in [5.41, 5.74) is 0. The molecule has 3 atom stereocenters. The summed E-state index contributed by atoms with van der Waals surface area (Å²) in [6.07, 6.45) is 7.48. The normalized spacial score (nSPS) is 34.8. The fourth-order valence-corrected chi connectivity index (χ4v) is 5.59. The number of hydrogen-bond acceptors (Lipinski definition) is 3. The average molecular weight is 287 g/mol. The Kier molecular flexibility index (Phi) is 5.29. The van der Waals surface area contributed by atoms with E-state index in [1.807, 2.05) is 0 Å². The van der Waals surface area contributed by atoms with Gasteiger partial charge >= 0.3 is 0 Å². The lowest BCUT2D eigenvalue weighted by molar-refractivity contribution is 0.248. The monoisotopic (exact) mass is 287 g/mol. The molecule has 2 fully saturated rings. The Hall–Kier alpha value is -0.0900. The molecule has 0 aromatic heterocycles. The molecule has 1 saturated carbocycles. The van der Waals surface area contributed by atoms with E-state index in [2.05, 4.69) is 19.2 Å². The molecular weight excluding hydrogens is 258 g/mol. The van der Waals surface area contributed by atoms with Gasteiger partial charge in [0.05, 0.1) is 11.5 Å². The molecule has 1 aliphatic heterocycles. The van der Waals surface area contributed by atoms with Gasteiger partial charge in [-0.15, -0.1) is 0 Å². The van der Waals surface area contributed by atoms with E-state index >= 15 is 0 Å². The minimum absolute atomic E-state index is 0.357. The third-order valence-electron chi connectivity index (χ3n) is 4.61. The number of nitrogens with one attached hydrogen (secondary N) is 1. The Labute approximate surface area is 118 Å². The van der Waals surface area contributed by atoms with Crippen molar-refractivity contribution in [3.63, 3.8) is 0 Å². The van der Waals surface area contributed by atoms with E-state index in [4.69, 9.17) is 0 Å². The Balaban J connectivity index is 1.71. The van der Waals surface area contributed by atoms with Crippen molar-refractivity contribution >= 4 is 9.84 Å². The smallest absolute Gasteiger partial charge is 0.150 e. The van der Waals surface area contributed by atoms with Crippen LogP contribution in [-0.4, -0.2) is 32.5 Å². The van der Waals surface area contributed by atoms with E-state index in [0.717, 1.165) is 24.8 Å². The number of hydrogen-bond donors (Lipinski definition) is 1. The van der Waals surface area contributed by atoms with Crippen molar-refractivity contribution in [1.82, 2.24) is 5.32 Å². The highest BCUT2D eigenvalue weighted by Gasteiger charge is 2.29. The van der Waals surface area contributed by atoms with Gasteiger partial charge < -0.3 is 5.32 Å². The second-order valence-electron chi connectivity index (χ2n) is 7.04. The first-order valence-electron chi connectivity index (χ1n) is 7.88. The number of rotatable bonds is 5. The number of sulfone groups is 1. The van der Waals surface area contributed by atoms with Crippen LogP contribution in [0.3, 0.4) is 0 Å². The first-order valence-corrected chi connectivity index (χ1v) is 9.70. The van der Waals surface area contributed by atoms with Gasteiger partial charge in [0, 0.05) is 6.04 Å². The molecule has 2 aliphatic rings. The molecule has 0 amide bonds. The lowest BCUT2D eigenvalue weighted by atomic mass is 9.81. The maximum Gasteiger partial charge on any atom is 0.150 e. The second-order valence-corrected chi connectivity index (χ2v) is 9.27. The maximum atomic E-state index is 11.4. The average Bonchev–Trinajstić information content (AvgIpc) is 2.66. The fraction of sp³-hybridized carbons (Fsp3) is 1.00. The first kappa shape index (κ1) is 15.3. The molecule has 1 N–H and O–H groups in total. The van der Waals surface area contributed by atoms with Gasteiger partial charge in [0.25, 0.3) is 0 Å². The summed E-state index contributed by atoms with van der Waals surface area (Å²) >= 11 is 0. The minimum atomic E-state index is -2.72. The zero-order chi connectivity index (χ0) is 13.9. The first-order chi connectivity index (χ1) is 8.94. The minimum Gasteiger partial charge on any atom is -0.314 e. The lowest BCUT2D eigenvalue weighted by Gasteiger charge is -2.31. The third kappa shape index (κ3) is 5.07. The van der Waals surface area contributed by atoms with Gasteiger partial charge in [-0.3, -0.25) is 0 Å². The molecule has 3 nitrogen and oxygen atoms in total. The highest BCUT2D eigenvalue weighted by Crippen LogP contribution is 2.29. The van der Waals surface area contributed by atoms with Crippen molar-refractivity contribution in [2.24, 2.45) is 17.8 Å². The van der Waals surface area contributed by atoms with Crippen LogP contribution in [0.15, 0.2) is 0 Å². The molecule has 3 unspecified atom stereocenters. The van der Waals surface area contributed by atoms with Crippen LogP contribution in [0.2, 0.25) is 0 Å². The van der Waals surface area contributed by atoms with E-state index in [-0.39, 0.29) is 0 Å². The lowest BCUT2D eigenvalue weighted by Crippen LogP contribution is -2.37. The van der Waals surface area contributed by atoms with Crippen molar-refractivity contribution in [2.75, 3.05) is 18.1 Å². The van der Waals surface area contributed by atoms with Crippen LogP contribution in [0, 0.1) is 17.8 Å². The molecule has 2 rings (SSSR count). The zero-order valence-electron chi connectivity index (χ0n) is 12.4. The van der Waals surface area contributed by atoms with Crippen LogP contribution in [-0.2, 0) is 9.84 Å². The summed E-state index contributed by atoms with van der Waals surface area (Å²) in [5, 5.41) is 3.64. The van der Waals surface area contributed by atoms with E-state index in [9.17, 15) is 8.42 Å². The Morgan fingerprint density at radius 2 is 1.95 bits per heavy atom. The van der Waals surface area contributed by atoms with Gasteiger partial charge in [-0.05, 0) is 50.0 Å². The Morgan fingerprint density at radius 3 is 2.58 bits per heavy atom. The highest BCUT2D eigenvalue weighted by molar-refractivity contribution is 7.91. The van der Waals surface area contributed by atoms with Crippen LogP contribution >= 0.6 is 0 Å². The van der Waals surface area contributed by atoms with Crippen molar-refractivity contribution in [1.29, 1.82) is 0 Å². The van der Waals surface area contributed by atoms with Gasteiger partial charge in [-0.2, -0.15) is 0 Å². The highest BCUT2D eigenvalue weighted by atomic mass is 32.2. The molecule has 1 heterocycles. The summed E-state index contributed by atoms with van der Waals surface area (Å²) in [6.45, 7) is 5.51.